The maximum atomic E-state index is 5.27. The number of hydrogen-bond donors (Lipinski definition) is 0. The molecule has 0 fully saturated rings. The molecule has 1 radical (unpaired) electrons. The average Bonchev–Trinajstić information content (AvgIpc) is 1.66. The lowest BCUT2D eigenvalue weighted by molar-refractivity contribution is 0.375. The zero-order valence-electron chi connectivity index (χ0n) is 4.57. The van der Waals surface area contributed by atoms with Crippen molar-refractivity contribution in [3.8, 4) is 0 Å². The molecule has 0 aromatic heterocycles. The Morgan fingerprint density at radius 3 is 2.62 bits per heavy atom. The smallest absolute Gasteiger partial charge is 0.197 e. The second-order valence-electron chi connectivity index (χ2n) is 1.34. The first-order valence-corrected chi connectivity index (χ1v) is 4.91. The lowest BCUT2D eigenvalue weighted by Gasteiger charge is -2.00. The predicted octanol–water partition coefficient (Wildman–Crippen LogP) is 1.49. The summed E-state index contributed by atoms with van der Waals surface area (Å²) in [4.78, 5) is 0. The molecule has 0 heterocycles. The molecule has 0 bridgehead atoms. The van der Waals surface area contributed by atoms with E-state index in [1.165, 1.54) is 0 Å². The van der Waals surface area contributed by atoms with Gasteiger partial charge in [-0.2, -0.15) is 0 Å². The van der Waals surface area contributed by atoms with E-state index in [-0.39, 0.29) is 0 Å². The van der Waals surface area contributed by atoms with Crippen LogP contribution in [0.2, 0.25) is 6.04 Å². The fourth-order valence-electron chi connectivity index (χ4n) is 0.274. The van der Waals surface area contributed by atoms with Crippen molar-refractivity contribution in [2.45, 2.75) is 17.5 Å². The highest BCUT2D eigenvalue weighted by Gasteiger charge is 1.94. The van der Waals surface area contributed by atoms with Gasteiger partial charge in [-0.15, -0.1) is 0 Å². The summed E-state index contributed by atoms with van der Waals surface area (Å²) in [5, 5.41) is -0.617. The summed E-state index contributed by atoms with van der Waals surface area (Å²) in [7, 11) is -0.463. The van der Waals surface area contributed by atoms with E-state index in [1.807, 2.05) is 0 Å². The highest BCUT2D eigenvalue weighted by atomic mass is 35.5. The van der Waals surface area contributed by atoms with Crippen molar-refractivity contribution in [3.05, 3.63) is 6.92 Å². The van der Waals surface area contributed by atoms with Crippen LogP contribution >= 0.6 is 23.2 Å². The average molecular weight is 172 g/mol. The monoisotopic (exact) mass is 171 g/mol. The quantitative estimate of drug-likeness (QED) is 0.354. The molecule has 0 aliphatic carbocycles. The first kappa shape index (κ1) is 8.76. The zero-order valence-corrected chi connectivity index (χ0v) is 7.50. The largest absolute Gasteiger partial charge is 0.397 e. The summed E-state index contributed by atoms with van der Waals surface area (Å²) in [5.74, 6) is 0. The summed E-state index contributed by atoms with van der Waals surface area (Å²) >= 11 is 10.5. The van der Waals surface area contributed by atoms with Gasteiger partial charge in [0.15, 0.2) is 14.8 Å². The van der Waals surface area contributed by atoms with E-state index in [0.717, 1.165) is 12.5 Å². The third kappa shape index (κ3) is 6.76. The van der Waals surface area contributed by atoms with Gasteiger partial charge in [0.2, 0.25) is 0 Å². The molecule has 0 rings (SSSR count). The van der Waals surface area contributed by atoms with Crippen LogP contribution in [0.5, 0.6) is 0 Å². The van der Waals surface area contributed by atoms with Gasteiger partial charge in [0.1, 0.15) is 0 Å². The van der Waals surface area contributed by atoms with E-state index in [9.17, 15) is 0 Å². The fraction of sp³-hybridized carbons (Fsp3) is 0.750. The van der Waals surface area contributed by atoms with Crippen LogP contribution in [0.3, 0.4) is 0 Å². The topological polar surface area (TPSA) is 9.23 Å². The van der Waals surface area contributed by atoms with E-state index in [4.69, 9.17) is 27.6 Å². The Morgan fingerprint density at radius 1 is 1.62 bits per heavy atom. The minimum Gasteiger partial charge on any atom is -0.397 e. The van der Waals surface area contributed by atoms with Crippen molar-refractivity contribution in [1.29, 1.82) is 0 Å². The van der Waals surface area contributed by atoms with Crippen LogP contribution in [-0.4, -0.2) is 14.8 Å². The van der Waals surface area contributed by atoms with Crippen LogP contribution in [0.25, 0.3) is 0 Å². The van der Waals surface area contributed by atoms with Crippen LogP contribution in [0, 0.1) is 6.92 Å². The Bertz CT molecular complexity index is 51.3. The molecule has 1 nitrogen and oxygen atoms in total. The zero-order chi connectivity index (χ0) is 6.41. The molecule has 0 aliphatic heterocycles. The second-order valence-corrected chi connectivity index (χ2v) is 3.80. The van der Waals surface area contributed by atoms with Crippen molar-refractivity contribution in [2.75, 3.05) is 0 Å². The highest BCUT2D eigenvalue weighted by Crippen LogP contribution is 2.02. The van der Waals surface area contributed by atoms with Crippen LogP contribution in [0.4, 0.5) is 0 Å². The molecule has 0 aliphatic rings. The van der Waals surface area contributed by atoms with Gasteiger partial charge in [-0.05, 0) is 6.04 Å². The Kier molecular flexibility index (Phi) is 6.44. The third-order valence-electron chi connectivity index (χ3n) is 0.638. The third-order valence-corrected chi connectivity index (χ3v) is 2.67. The fourth-order valence-corrected chi connectivity index (χ4v) is 1.36. The summed E-state index contributed by atoms with van der Waals surface area (Å²) in [6.07, 6.45) is 0.923. The van der Waals surface area contributed by atoms with Crippen molar-refractivity contribution in [2.24, 2.45) is 0 Å². The molecule has 0 saturated carbocycles. The van der Waals surface area contributed by atoms with Crippen molar-refractivity contribution >= 4 is 33.0 Å². The molecule has 4 heteroatoms. The summed E-state index contributed by atoms with van der Waals surface area (Å²) in [5.41, 5.74) is 0. The molecular formula is C4H9Cl2OSi. The van der Waals surface area contributed by atoms with Crippen molar-refractivity contribution in [3.63, 3.8) is 0 Å². The SMILES string of the molecule is [CH2]CC[SiH2]OC(Cl)Cl. The summed E-state index contributed by atoms with van der Waals surface area (Å²) in [6, 6.07) is 1.05. The minimum absolute atomic E-state index is 0.463. The Morgan fingerprint density at radius 2 is 2.25 bits per heavy atom. The minimum atomic E-state index is -0.617. The summed E-state index contributed by atoms with van der Waals surface area (Å²) < 4.78 is 4.91. The molecule has 0 aromatic carbocycles. The van der Waals surface area contributed by atoms with Gasteiger partial charge in [-0.25, -0.2) is 0 Å². The predicted molar refractivity (Wildman–Crippen MR) is 39.9 cm³/mol. The Balaban J connectivity index is 2.72. The standard InChI is InChI=1S/C4H9Cl2OSi/c1-2-3-8-7-4(5)6/h4H,1-3,8H2. The second kappa shape index (κ2) is 5.89. The molecule has 0 amide bonds. The van der Waals surface area contributed by atoms with E-state index in [1.54, 1.807) is 0 Å². The molecule has 0 spiro atoms. The van der Waals surface area contributed by atoms with Gasteiger partial charge in [-0.3, -0.25) is 0 Å². The first-order valence-electron chi connectivity index (χ1n) is 2.46. The normalized spacial score (nSPS) is 12.0. The van der Waals surface area contributed by atoms with Gasteiger partial charge in [0.05, 0.1) is 0 Å². The van der Waals surface area contributed by atoms with Crippen LogP contribution in [0.15, 0.2) is 0 Å². The van der Waals surface area contributed by atoms with Gasteiger partial charge in [0.25, 0.3) is 0 Å². The van der Waals surface area contributed by atoms with Gasteiger partial charge >= 0.3 is 0 Å². The molecule has 0 aromatic rings. The summed E-state index contributed by atoms with van der Waals surface area (Å²) in [6.45, 7) is 3.65. The Labute approximate surface area is 62.3 Å². The molecule has 0 atom stereocenters. The van der Waals surface area contributed by atoms with E-state index >= 15 is 0 Å². The molecule has 49 valence electrons. The van der Waals surface area contributed by atoms with Crippen molar-refractivity contribution in [1.82, 2.24) is 0 Å². The molecule has 0 N–H and O–H groups in total. The number of alkyl halides is 2. The van der Waals surface area contributed by atoms with E-state index in [0.29, 0.717) is 0 Å². The number of hydrogen-bond acceptors (Lipinski definition) is 1. The highest BCUT2D eigenvalue weighted by molar-refractivity contribution is 6.45. The van der Waals surface area contributed by atoms with Crippen molar-refractivity contribution < 1.29 is 4.43 Å². The number of rotatable bonds is 4. The number of halogens is 2. The van der Waals surface area contributed by atoms with E-state index in [2.05, 4.69) is 6.92 Å². The van der Waals surface area contributed by atoms with Crippen LogP contribution in [0.1, 0.15) is 6.42 Å². The van der Waals surface area contributed by atoms with Crippen LogP contribution in [-0.2, 0) is 4.43 Å². The van der Waals surface area contributed by atoms with E-state index < -0.39 is 14.8 Å². The lowest BCUT2D eigenvalue weighted by Crippen LogP contribution is -2.00. The van der Waals surface area contributed by atoms with Gasteiger partial charge in [-0.1, -0.05) is 36.5 Å². The Hall–Kier alpha value is 0.757. The van der Waals surface area contributed by atoms with Gasteiger partial charge in [0, 0.05) is 0 Å². The first-order chi connectivity index (χ1) is 3.77. The molecule has 8 heavy (non-hydrogen) atoms. The lowest BCUT2D eigenvalue weighted by atomic mass is 10.6. The maximum Gasteiger partial charge on any atom is 0.197 e. The molecular weight excluding hydrogens is 163 g/mol. The molecule has 0 unspecified atom stereocenters. The van der Waals surface area contributed by atoms with Crippen LogP contribution < -0.4 is 0 Å². The van der Waals surface area contributed by atoms with Gasteiger partial charge < -0.3 is 4.43 Å². The maximum absolute atomic E-state index is 5.27. The molecule has 0 saturated heterocycles.